The molecule has 1 aromatic rings. The van der Waals surface area contributed by atoms with Crippen molar-refractivity contribution in [2.24, 2.45) is 0 Å². The Morgan fingerprint density at radius 2 is 1.35 bits per heavy atom. The quantitative estimate of drug-likeness (QED) is 0.331. The zero-order chi connectivity index (χ0) is 20.0. The van der Waals surface area contributed by atoms with Crippen LogP contribution in [0, 0.1) is 10.7 Å². The number of carbonyl (C=O) groups excluding carboxylic acids is 3. The lowest BCUT2D eigenvalue weighted by atomic mass is 10.1. The molecule has 0 heterocycles. The molecule has 8 nitrogen and oxygen atoms in total. The third kappa shape index (κ3) is 5.64. The first-order valence-corrected chi connectivity index (χ1v) is 10.3. The zero-order valence-electron chi connectivity index (χ0n) is 13.7. The van der Waals surface area contributed by atoms with Gasteiger partial charge in [-0.3, -0.25) is 9.59 Å². The Hall–Kier alpha value is -0.710. The fraction of sp³-hybridized carbons (Fsp3) is 0.333. The summed E-state index contributed by atoms with van der Waals surface area (Å²) in [7, 11) is 2.43. The van der Waals surface area contributed by atoms with Crippen LogP contribution >= 0.6 is 67.8 Å². The van der Waals surface area contributed by atoms with E-state index in [1.54, 1.807) is 0 Å². The van der Waals surface area contributed by atoms with Crippen molar-refractivity contribution in [2.75, 3.05) is 19.5 Å². The highest BCUT2D eigenvalue weighted by Gasteiger charge is 2.29. The van der Waals surface area contributed by atoms with Gasteiger partial charge in [0, 0.05) is 16.4 Å². The van der Waals surface area contributed by atoms with Crippen LogP contribution in [0.25, 0.3) is 0 Å². The summed E-state index contributed by atoms with van der Waals surface area (Å²) in [5, 5.41) is 11.3. The number of methoxy groups -OCH3 is 2. The number of carboxylic acids is 1. The van der Waals surface area contributed by atoms with E-state index in [4.69, 9.17) is 14.6 Å². The second-order valence-corrected chi connectivity index (χ2v) is 8.08. The third-order valence-corrected chi connectivity index (χ3v) is 6.39. The lowest BCUT2D eigenvalue weighted by Gasteiger charge is -2.18. The number of rotatable bonds is 7. The Morgan fingerprint density at radius 3 is 1.73 bits per heavy atom. The summed E-state index contributed by atoms with van der Waals surface area (Å²) in [5.74, 6) is -2.71. The summed E-state index contributed by atoms with van der Waals surface area (Å²) < 4.78 is 10.8. The van der Waals surface area contributed by atoms with E-state index in [1.165, 1.54) is 14.2 Å². The molecule has 0 bridgehead atoms. The van der Waals surface area contributed by atoms with Crippen LogP contribution in [0.2, 0.25) is 0 Å². The van der Waals surface area contributed by atoms with Gasteiger partial charge in [0.05, 0.1) is 38.2 Å². The molecule has 0 fully saturated rings. The van der Waals surface area contributed by atoms with Gasteiger partial charge in [-0.1, -0.05) is 0 Å². The number of carbonyl (C=O) groups is 4. The van der Waals surface area contributed by atoms with Crippen LogP contribution < -0.4 is 5.32 Å². The molecule has 0 saturated heterocycles. The summed E-state index contributed by atoms with van der Waals surface area (Å²) in [6.45, 7) is 0. The van der Waals surface area contributed by atoms with Crippen LogP contribution in [0.5, 0.6) is 0 Å². The number of halogens is 3. The highest BCUT2D eigenvalue weighted by molar-refractivity contribution is 14.1. The maximum Gasteiger partial charge on any atom is 0.340 e. The fourth-order valence-electron chi connectivity index (χ4n) is 1.94. The number of aliphatic carboxylic acids is 1. The first kappa shape index (κ1) is 23.3. The number of benzene rings is 1. The van der Waals surface area contributed by atoms with E-state index in [0.717, 1.165) is 0 Å². The first-order chi connectivity index (χ1) is 12.1. The Labute approximate surface area is 190 Å². The molecule has 0 aliphatic carbocycles. The Bertz CT molecular complexity index is 721. The Morgan fingerprint density at radius 1 is 0.885 bits per heavy atom. The number of esters is 2. The Kier molecular flexibility index (Phi) is 9.49. The van der Waals surface area contributed by atoms with Gasteiger partial charge in [0.15, 0.2) is 0 Å². The molecule has 0 spiro atoms. The summed E-state index contributed by atoms with van der Waals surface area (Å²) in [6.07, 6.45) is 0.0348. The highest BCUT2D eigenvalue weighted by atomic mass is 127. The summed E-state index contributed by atoms with van der Waals surface area (Å²) >= 11 is 5.65. The van der Waals surface area contributed by atoms with Gasteiger partial charge in [-0.05, 0) is 74.2 Å². The van der Waals surface area contributed by atoms with Crippen molar-refractivity contribution < 1.29 is 33.8 Å². The highest BCUT2D eigenvalue weighted by Crippen LogP contribution is 2.36. The molecule has 1 amide bonds. The van der Waals surface area contributed by atoms with Gasteiger partial charge in [-0.25, -0.2) is 9.59 Å². The van der Waals surface area contributed by atoms with Gasteiger partial charge in [0.1, 0.15) is 0 Å². The summed E-state index contributed by atoms with van der Waals surface area (Å²) in [4.78, 5) is 47.0. The van der Waals surface area contributed by atoms with Crippen molar-refractivity contribution in [3.8, 4) is 0 Å². The standard InChI is InChI=1S/C15H14I3NO7/c1-25-14(23)8-10(16)9(15(24)26-2)12(18)13(11(8)17)19-6(20)4-3-5-7(21)22/h3-5H2,1-2H3,(H,19,20)(H,21,22). The number of ether oxygens (including phenoxy) is 2. The molecule has 0 atom stereocenters. The van der Waals surface area contributed by atoms with Crippen LogP contribution in [-0.4, -0.2) is 43.1 Å². The second kappa shape index (κ2) is 10.6. The number of amides is 1. The second-order valence-electron chi connectivity index (χ2n) is 4.85. The predicted octanol–water partition coefficient (Wildman–Crippen LogP) is 3.27. The van der Waals surface area contributed by atoms with Crippen LogP contribution in [0.3, 0.4) is 0 Å². The van der Waals surface area contributed by atoms with Gasteiger partial charge >= 0.3 is 17.9 Å². The van der Waals surface area contributed by atoms with E-state index in [-0.39, 0.29) is 36.1 Å². The monoisotopic (exact) mass is 701 g/mol. The van der Waals surface area contributed by atoms with Crippen molar-refractivity contribution in [3.63, 3.8) is 0 Å². The number of nitrogens with one attached hydrogen (secondary N) is 1. The number of hydrogen-bond donors (Lipinski definition) is 2. The average Bonchev–Trinajstić information content (AvgIpc) is 2.57. The number of anilines is 1. The van der Waals surface area contributed by atoms with E-state index in [1.807, 2.05) is 67.8 Å². The van der Waals surface area contributed by atoms with E-state index >= 15 is 0 Å². The minimum atomic E-state index is -0.989. The fourth-order valence-corrected chi connectivity index (χ4v) is 6.26. The van der Waals surface area contributed by atoms with Crippen LogP contribution in [0.15, 0.2) is 0 Å². The molecule has 142 valence electrons. The largest absolute Gasteiger partial charge is 0.481 e. The van der Waals surface area contributed by atoms with E-state index in [0.29, 0.717) is 10.7 Å². The van der Waals surface area contributed by atoms with Crippen molar-refractivity contribution in [3.05, 3.63) is 21.8 Å². The molecule has 0 saturated carbocycles. The van der Waals surface area contributed by atoms with Gasteiger partial charge in [-0.15, -0.1) is 0 Å². The predicted molar refractivity (Wildman–Crippen MR) is 117 cm³/mol. The van der Waals surface area contributed by atoms with E-state index in [9.17, 15) is 19.2 Å². The molecular weight excluding hydrogens is 687 g/mol. The van der Waals surface area contributed by atoms with Crippen molar-refractivity contribution in [1.82, 2.24) is 0 Å². The van der Waals surface area contributed by atoms with Gasteiger partial charge in [-0.2, -0.15) is 0 Å². The smallest absolute Gasteiger partial charge is 0.340 e. The molecule has 0 unspecified atom stereocenters. The molecule has 0 radical (unpaired) electrons. The third-order valence-electron chi connectivity index (χ3n) is 3.15. The SMILES string of the molecule is COC(=O)c1c(I)c(NC(=O)CCCC(=O)O)c(I)c(C(=O)OC)c1I. The Balaban J connectivity index is 3.37. The maximum absolute atomic E-state index is 12.2. The molecule has 0 aliphatic rings. The summed E-state index contributed by atoms with van der Waals surface area (Å²) in [5.41, 5.74) is 0.582. The molecule has 26 heavy (non-hydrogen) atoms. The van der Waals surface area contributed by atoms with Gasteiger partial charge in [0.25, 0.3) is 0 Å². The molecule has 1 rings (SSSR count). The van der Waals surface area contributed by atoms with E-state index in [2.05, 4.69) is 5.32 Å². The van der Waals surface area contributed by atoms with Crippen LogP contribution in [0.4, 0.5) is 5.69 Å². The topological polar surface area (TPSA) is 119 Å². The van der Waals surface area contributed by atoms with Crippen molar-refractivity contribution >= 4 is 97.3 Å². The molecule has 0 aliphatic heterocycles. The van der Waals surface area contributed by atoms with Crippen LogP contribution in [0.1, 0.15) is 40.0 Å². The number of carboxylic acid groups (broad SMARTS) is 1. The maximum atomic E-state index is 12.2. The minimum absolute atomic E-state index is 0.00837. The molecule has 0 aromatic heterocycles. The zero-order valence-corrected chi connectivity index (χ0v) is 20.1. The average molecular weight is 701 g/mol. The molecule has 2 N–H and O–H groups in total. The molecular formula is C15H14I3NO7. The number of hydrogen-bond acceptors (Lipinski definition) is 6. The molecule has 1 aromatic carbocycles. The first-order valence-electron chi connectivity index (χ1n) is 7.04. The lowest BCUT2D eigenvalue weighted by molar-refractivity contribution is -0.137. The summed E-state index contributed by atoms with van der Waals surface area (Å²) in [6, 6.07) is 0. The molecule has 11 heteroatoms. The van der Waals surface area contributed by atoms with Gasteiger partial charge < -0.3 is 19.9 Å². The lowest BCUT2D eigenvalue weighted by Crippen LogP contribution is -2.20. The van der Waals surface area contributed by atoms with Crippen LogP contribution in [-0.2, 0) is 19.1 Å². The van der Waals surface area contributed by atoms with E-state index < -0.39 is 23.8 Å². The normalized spacial score (nSPS) is 10.2. The van der Waals surface area contributed by atoms with Crippen molar-refractivity contribution in [2.45, 2.75) is 19.3 Å². The van der Waals surface area contributed by atoms with Crippen molar-refractivity contribution in [1.29, 1.82) is 0 Å². The van der Waals surface area contributed by atoms with Gasteiger partial charge in [0.2, 0.25) is 5.91 Å². The minimum Gasteiger partial charge on any atom is -0.481 e.